The van der Waals surface area contributed by atoms with Gasteiger partial charge in [0.15, 0.2) is 0 Å². The Morgan fingerprint density at radius 1 is 1.08 bits per heavy atom. The van der Waals surface area contributed by atoms with E-state index in [-0.39, 0.29) is 41.1 Å². The lowest BCUT2D eigenvalue weighted by atomic mass is 9.44. The fourth-order valence-corrected chi connectivity index (χ4v) is 8.13. The Labute approximate surface area is 214 Å². The summed E-state index contributed by atoms with van der Waals surface area (Å²) in [5.74, 6) is -0.110. The standard InChI is InChI=1S/C28H44N2O6/c1-6-26(4)15-21(36-25(34)30-24(33)35-19-9-7-18(29)8-10-19)27(5)16(2)11-13-28(17(3)23(26)32)14-12-20(31)22(27)28/h6,16-19,21-23,32H,1,7-15,29H2,2-5H3,(H,30,33,34)/t16-,17+,18?,19?,21-,22-,23+,26-,27+,28+/m1/s1. The normalized spacial score (nSPS) is 46.6. The third-order valence-electron chi connectivity index (χ3n) is 10.7. The number of carbonyl (C=O) groups is 3. The topological polar surface area (TPSA) is 128 Å². The number of amides is 2. The summed E-state index contributed by atoms with van der Waals surface area (Å²) in [4.78, 5) is 38.9. The molecule has 2 amide bonds. The third-order valence-corrected chi connectivity index (χ3v) is 10.7. The lowest BCUT2D eigenvalue weighted by Crippen LogP contribution is -2.63. The van der Waals surface area contributed by atoms with Crippen LogP contribution in [-0.2, 0) is 14.3 Å². The minimum absolute atomic E-state index is 0.0999. The van der Waals surface area contributed by atoms with Crippen molar-refractivity contribution in [1.29, 1.82) is 0 Å². The van der Waals surface area contributed by atoms with Gasteiger partial charge in [-0.1, -0.05) is 33.8 Å². The van der Waals surface area contributed by atoms with E-state index in [1.807, 2.05) is 6.92 Å². The van der Waals surface area contributed by atoms with Gasteiger partial charge in [-0.25, -0.2) is 14.9 Å². The summed E-state index contributed by atoms with van der Waals surface area (Å²) >= 11 is 0. The third kappa shape index (κ3) is 4.38. The summed E-state index contributed by atoms with van der Waals surface area (Å²) in [6, 6.07) is 0.123. The molecule has 0 aromatic heterocycles. The van der Waals surface area contributed by atoms with E-state index in [0.717, 1.165) is 32.1 Å². The maximum Gasteiger partial charge on any atom is 0.416 e. The maximum atomic E-state index is 13.4. The van der Waals surface area contributed by atoms with E-state index in [2.05, 4.69) is 32.7 Å². The van der Waals surface area contributed by atoms with Gasteiger partial charge in [0.1, 0.15) is 18.0 Å². The largest absolute Gasteiger partial charge is 0.446 e. The second-order valence-electron chi connectivity index (χ2n) is 12.5. The Hall–Kier alpha value is -1.93. The van der Waals surface area contributed by atoms with Crippen LogP contribution in [0.4, 0.5) is 9.59 Å². The van der Waals surface area contributed by atoms with Crippen LogP contribution < -0.4 is 11.1 Å². The van der Waals surface area contributed by atoms with Crippen LogP contribution >= 0.6 is 0 Å². The van der Waals surface area contributed by atoms with Crippen molar-refractivity contribution >= 4 is 18.0 Å². The summed E-state index contributed by atoms with van der Waals surface area (Å²) in [5, 5.41) is 13.8. The van der Waals surface area contributed by atoms with Crippen molar-refractivity contribution in [1.82, 2.24) is 5.32 Å². The van der Waals surface area contributed by atoms with Gasteiger partial charge in [-0.2, -0.15) is 0 Å². The van der Waals surface area contributed by atoms with Crippen LogP contribution in [0, 0.1) is 34.0 Å². The number of ether oxygens (including phenoxy) is 2. The Morgan fingerprint density at radius 2 is 1.72 bits per heavy atom. The quantitative estimate of drug-likeness (QED) is 0.483. The Balaban J connectivity index is 1.59. The van der Waals surface area contributed by atoms with Crippen LogP contribution in [0.3, 0.4) is 0 Å². The number of nitrogens with two attached hydrogens (primary N) is 1. The van der Waals surface area contributed by atoms with Crippen molar-refractivity contribution in [2.45, 2.75) is 110 Å². The molecule has 8 heteroatoms. The summed E-state index contributed by atoms with van der Waals surface area (Å²) < 4.78 is 11.4. The molecule has 4 fully saturated rings. The molecule has 2 bridgehead atoms. The smallest absolute Gasteiger partial charge is 0.416 e. The first-order valence-electron chi connectivity index (χ1n) is 13.7. The molecule has 0 radical (unpaired) electrons. The van der Waals surface area contributed by atoms with Gasteiger partial charge in [0, 0.05) is 29.2 Å². The number of aliphatic hydroxyl groups excluding tert-OH is 1. The molecule has 4 saturated carbocycles. The fourth-order valence-electron chi connectivity index (χ4n) is 8.13. The number of imide groups is 1. The van der Waals surface area contributed by atoms with Crippen LogP contribution in [-0.4, -0.2) is 47.4 Å². The van der Waals surface area contributed by atoms with Crippen LogP contribution in [0.15, 0.2) is 12.7 Å². The van der Waals surface area contributed by atoms with E-state index < -0.39 is 35.2 Å². The maximum absolute atomic E-state index is 13.4. The molecule has 0 aromatic carbocycles. The lowest BCUT2D eigenvalue weighted by molar-refractivity contribution is -0.191. The van der Waals surface area contributed by atoms with Gasteiger partial charge in [0.2, 0.25) is 0 Å². The summed E-state index contributed by atoms with van der Waals surface area (Å²) in [6.07, 6.45) is 4.49. The molecule has 202 valence electrons. The highest BCUT2D eigenvalue weighted by Crippen LogP contribution is 2.67. The van der Waals surface area contributed by atoms with Crippen molar-refractivity contribution < 1.29 is 29.0 Å². The SMILES string of the molecule is C=C[C@]1(C)C[C@@H](OC(=O)NC(=O)OC2CCC(N)CC2)[C@]2(C)[C@H](C)CC[C@]3(CCC(=O)[C@@H]32)[C@@H](C)[C@@H]1O. The number of aliphatic hydroxyl groups is 1. The van der Waals surface area contributed by atoms with Crippen LogP contribution in [0.25, 0.3) is 0 Å². The van der Waals surface area contributed by atoms with Gasteiger partial charge >= 0.3 is 12.2 Å². The summed E-state index contributed by atoms with van der Waals surface area (Å²) in [5.41, 5.74) is 4.21. The lowest BCUT2D eigenvalue weighted by Gasteiger charge is -2.61. The molecule has 8 nitrogen and oxygen atoms in total. The zero-order valence-corrected chi connectivity index (χ0v) is 22.3. The molecular weight excluding hydrogens is 460 g/mol. The van der Waals surface area contributed by atoms with Crippen molar-refractivity contribution in [2.75, 3.05) is 0 Å². The average Bonchev–Trinajstić information content (AvgIpc) is 3.19. The first-order valence-corrected chi connectivity index (χ1v) is 13.7. The molecular formula is C28H44N2O6. The predicted octanol–water partition coefficient (Wildman–Crippen LogP) is 4.48. The number of ketones is 1. The van der Waals surface area contributed by atoms with E-state index in [0.29, 0.717) is 25.7 Å². The Bertz CT molecular complexity index is 900. The highest BCUT2D eigenvalue weighted by molar-refractivity contribution is 5.88. The zero-order valence-electron chi connectivity index (χ0n) is 22.3. The fraction of sp³-hybridized carbons (Fsp3) is 0.821. The van der Waals surface area contributed by atoms with Crippen molar-refractivity contribution in [2.24, 2.45) is 39.7 Å². The molecule has 0 aliphatic heterocycles. The summed E-state index contributed by atoms with van der Waals surface area (Å²) in [6.45, 7) is 12.2. The van der Waals surface area contributed by atoms with E-state index in [9.17, 15) is 19.5 Å². The second-order valence-corrected chi connectivity index (χ2v) is 12.5. The summed E-state index contributed by atoms with van der Waals surface area (Å²) in [7, 11) is 0. The second kappa shape index (κ2) is 9.75. The van der Waals surface area contributed by atoms with Crippen LogP contribution in [0.5, 0.6) is 0 Å². The molecule has 4 rings (SSSR count). The van der Waals surface area contributed by atoms with Gasteiger partial charge < -0.3 is 20.3 Å². The molecule has 4 N–H and O–H groups in total. The molecule has 0 saturated heterocycles. The highest BCUT2D eigenvalue weighted by Gasteiger charge is 2.68. The molecule has 36 heavy (non-hydrogen) atoms. The van der Waals surface area contributed by atoms with Crippen LogP contribution in [0.1, 0.15) is 85.5 Å². The van der Waals surface area contributed by atoms with Gasteiger partial charge in [-0.05, 0) is 68.6 Å². The molecule has 0 aromatic rings. The minimum atomic E-state index is -0.887. The first-order chi connectivity index (χ1) is 16.9. The van der Waals surface area contributed by atoms with Gasteiger partial charge in [-0.15, -0.1) is 6.58 Å². The van der Waals surface area contributed by atoms with Gasteiger partial charge in [-0.3, -0.25) is 4.79 Å². The number of Topliss-reactive ketones (excluding diaryl/α,β-unsaturated/α-hetero) is 1. The Morgan fingerprint density at radius 3 is 2.36 bits per heavy atom. The molecule has 0 unspecified atom stereocenters. The first kappa shape index (κ1) is 27.1. The molecule has 4 aliphatic carbocycles. The number of rotatable bonds is 3. The van der Waals surface area contributed by atoms with Crippen molar-refractivity contribution in [3.63, 3.8) is 0 Å². The number of alkyl carbamates (subject to hydrolysis) is 2. The van der Waals surface area contributed by atoms with E-state index in [4.69, 9.17) is 15.2 Å². The number of nitrogens with one attached hydrogen (secondary N) is 1. The number of hydrogen-bond acceptors (Lipinski definition) is 7. The molecule has 4 aliphatic rings. The molecule has 0 spiro atoms. The molecule has 0 heterocycles. The van der Waals surface area contributed by atoms with E-state index >= 15 is 0 Å². The molecule has 8 atom stereocenters. The van der Waals surface area contributed by atoms with Gasteiger partial charge in [0.25, 0.3) is 0 Å². The van der Waals surface area contributed by atoms with Crippen molar-refractivity contribution in [3.8, 4) is 0 Å². The predicted molar refractivity (Wildman–Crippen MR) is 135 cm³/mol. The van der Waals surface area contributed by atoms with E-state index in [1.54, 1.807) is 6.08 Å². The Kier molecular flexibility index (Phi) is 7.34. The van der Waals surface area contributed by atoms with E-state index in [1.165, 1.54) is 0 Å². The number of hydrogen-bond donors (Lipinski definition) is 3. The highest BCUT2D eigenvalue weighted by atomic mass is 16.6. The average molecular weight is 505 g/mol. The van der Waals surface area contributed by atoms with Crippen LogP contribution in [0.2, 0.25) is 0 Å². The van der Waals surface area contributed by atoms with Crippen molar-refractivity contribution in [3.05, 3.63) is 12.7 Å². The monoisotopic (exact) mass is 504 g/mol. The minimum Gasteiger partial charge on any atom is -0.446 e. The van der Waals surface area contributed by atoms with Gasteiger partial charge in [0.05, 0.1) is 6.10 Å². The zero-order chi connectivity index (χ0) is 26.5. The number of carbonyl (C=O) groups excluding carboxylic acids is 3.